The maximum Gasteiger partial charge on any atom is 0.472 e. The van der Waals surface area contributed by atoms with Gasteiger partial charge in [0.15, 0.2) is 66.0 Å². The molecule has 6 fully saturated rings. The number of phosphoric ester groups is 4. The Bertz CT molecular complexity index is 4590. The van der Waals surface area contributed by atoms with Gasteiger partial charge in [0.2, 0.25) is 11.9 Å². The highest BCUT2D eigenvalue weighted by atomic mass is 31.2. The molecule has 49 heteroatoms. The second kappa shape index (κ2) is 25.6. The van der Waals surface area contributed by atoms with Crippen LogP contribution >= 0.6 is 31.3 Å². The lowest BCUT2D eigenvalue weighted by atomic mass is 10.1. The molecular formula is C47H66N20O24P4Si. The number of nitrogens with one attached hydrogen (secondary N) is 2. The Morgan fingerprint density at radius 3 is 1.36 bits per heavy atom. The summed E-state index contributed by atoms with van der Waals surface area (Å²) >= 11 is 0. The van der Waals surface area contributed by atoms with Gasteiger partial charge in [-0.25, -0.2) is 58.1 Å². The van der Waals surface area contributed by atoms with Crippen molar-refractivity contribution in [3.63, 3.8) is 0 Å². The van der Waals surface area contributed by atoms with Crippen LogP contribution in [0.3, 0.4) is 0 Å². The topological polar surface area (TPSA) is 608 Å². The van der Waals surface area contributed by atoms with Crippen molar-refractivity contribution in [1.29, 1.82) is 0 Å². The van der Waals surface area contributed by atoms with Crippen molar-refractivity contribution in [1.82, 2.24) is 78.1 Å². The molecule has 0 spiro atoms. The van der Waals surface area contributed by atoms with Crippen LogP contribution < -0.4 is 34.1 Å². The standard InChI is InChI=1S/C26H38N10O12P2Si.C20H24N10O12P2.CH4/c1-26(2,3)51(4,5)48-18-14-8-43-49(38,39)46-12-6-15(35-10-31-16-20(27)29-9-30-21(16)35)44-13(12)7-42-50(40,41)47-19(18)24(45-14)36-11-32-17-22(36)33-25(28)34-23(17)37;21-15-11-16(24-4-23-15)29(5-25-11)10-1-7-8(39-10)2-37-44(35,36)42-14-13(31)9(3-38-43(33,34)41-7)40-19(14)30-6-26-12-17(30)27-20(22)28-18(12)32;/h9-15,18-19,24H,6-8H2,1-5H3,(H,38,39)(H,40,41)(H2,27,29,30)(H3,28,33,34,37);4-10,13-14,19,31H,1-3H2,(H,33,34)(H,35,36)(H2,21,23,24)(H3,22,27,28,32);1H4/t12-,13+,14+,15+,18+,19+,24+;7-,8+,9+,10+,13+,14+,19+;/m00./s1. The van der Waals surface area contributed by atoms with E-state index in [9.17, 15) is 52.5 Å². The number of aromatic nitrogens is 16. The van der Waals surface area contributed by atoms with Crippen LogP contribution in [-0.2, 0) is 77.8 Å². The van der Waals surface area contributed by atoms with Crippen LogP contribution in [0.2, 0.25) is 18.1 Å². The van der Waals surface area contributed by atoms with Crippen molar-refractivity contribution in [2.45, 2.75) is 145 Å². The monoisotopic (exact) mass is 1450 g/mol. The summed E-state index contributed by atoms with van der Waals surface area (Å²) in [4.78, 5) is 114. The number of hydrogen-bond acceptors (Lipinski definition) is 34. The first-order chi connectivity index (χ1) is 44.7. The van der Waals surface area contributed by atoms with Gasteiger partial charge in [-0.2, -0.15) is 9.97 Å². The lowest BCUT2D eigenvalue weighted by Crippen LogP contribution is -2.50. The second-order valence-corrected chi connectivity index (χ2v) is 34.3. The van der Waals surface area contributed by atoms with Gasteiger partial charge in [-0.05, 0) is 18.1 Å². The predicted molar refractivity (Wildman–Crippen MR) is 327 cm³/mol. The number of anilines is 4. The lowest BCUT2D eigenvalue weighted by molar-refractivity contribution is -0.0671. The molecule has 96 heavy (non-hydrogen) atoms. The number of imidazole rings is 4. The molecule has 6 aliphatic heterocycles. The van der Waals surface area contributed by atoms with E-state index in [1.165, 1.54) is 45.3 Å². The number of hydrogen-bond donors (Lipinski definition) is 11. The van der Waals surface area contributed by atoms with E-state index in [2.05, 4.69) is 59.8 Å². The Kier molecular flexibility index (Phi) is 18.5. The molecule has 15 N–H and O–H groups in total. The molecule has 14 rings (SSSR count). The van der Waals surface area contributed by atoms with Crippen LogP contribution in [0.15, 0.2) is 47.6 Å². The zero-order valence-corrected chi connectivity index (χ0v) is 54.7. The Balaban J connectivity index is 0.000000183. The molecular weight excluding hydrogens is 1380 g/mol. The number of nitrogen functional groups attached to an aromatic ring is 4. The van der Waals surface area contributed by atoms with Gasteiger partial charge in [0.05, 0.1) is 51.7 Å². The molecule has 522 valence electrons. The maximum atomic E-state index is 13.8. The minimum atomic E-state index is -5.02. The zero-order valence-electron chi connectivity index (χ0n) is 50.1. The summed E-state index contributed by atoms with van der Waals surface area (Å²) in [5, 5.41) is 10.6. The third kappa shape index (κ3) is 13.6. The van der Waals surface area contributed by atoms with Crippen molar-refractivity contribution in [2.24, 2.45) is 0 Å². The summed E-state index contributed by atoms with van der Waals surface area (Å²) in [5.74, 6) is -0.237. The number of ether oxygens (including phenoxy) is 4. The molecule has 8 aromatic rings. The lowest BCUT2D eigenvalue weighted by Gasteiger charge is -2.40. The Hall–Kier alpha value is -6.58. The number of rotatable bonds is 6. The minimum absolute atomic E-state index is 0. The first-order valence-corrected chi connectivity index (χ1v) is 37.5. The van der Waals surface area contributed by atoms with E-state index in [1.807, 2.05) is 33.9 Å². The van der Waals surface area contributed by atoms with Gasteiger partial charge in [0.1, 0.15) is 97.2 Å². The van der Waals surface area contributed by atoms with E-state index in [-0.39, 0.29) is 76.7 Å². The second-order valence-electron chi connectivity index (χ2n) is 23.9. The number of phosphoric acid groups is 4. The van der Waals surface area contributed by atoms with Crippen LogP contribution in [0, 0.1) is 0 Å². The molecule has 6 aliphatic rings. The molecule has 6 saturated heterocycles. The fraction of sp³-hybridized carbons (Fsp3) is 0.574. The quantitative estimate of drug-likeness (QED) is 0.0818. The van der Waals surface area contributed by atoms with E-state index < -0.39 is 163 Å². The number of H-pyrrole nitrogens is 2. The Morgan fingerprint density at radius 1 is 0.521 bits per heavy atom. The zero-order chi connectivity index (χ0) is 67.6. The highest BCUT2D eigenvalue weighted by Crippen LogP contribution is 2.57. The molecule has 4 unspecified atom stereocenters. The summed E-state index contributed by atoms with van der Waals surface area (Å²) in [6, 6.07) is 0. The normalized spacial score (nSPS) is 34.8. The molecule has 0 aliphatic carbocycles. The SMILES string of the molecule is C.CC(C)(C)[Si](C)(C)O[C@H]1[C@H]2OP(=O)(O)OC[C@H]3O[C@@H](n4cnc5c(N)ncnc54)C[C@@H]3OP(=O)(O)OC[C@H]1O[C@H]2n1cnc2c(=O)[nH]c(N)nc21.Nc1nc2c(ncn2[C@@H]2O[C@@H]3COP(=O)(O)O[C@H]4C[C@H](n5cnc6c(N)ncnc65)O[C@@H]4COP(=O)(O)O[C@@H]2[C@@H]3O)c(=O)[nH]1. The number of aliphatic hydroxyl groups is 1. The van der Waals surface area contributed by atoms with Gasteiger partial charge in [-0.15, -0.1) is 0 Å². The van der Waals surface area contributed by atoms with Crippen LogP contribution in [0.4, 0.5) is 23.5 Å². The molecule has 14 heterocycles. The largest absolute Gasteiger partial charge is 0.472 e. The van der Waals surface area contributed by atoms with Crippen molar-refractivity contribution in [3.05, 3.63) is 58.7 Å². The van der Waals surface area contributed by atoms with Gasteiger partial charge >= 0.3 is 31.3 Å². The van der Waals surface area contributed by atoms with Crippen LogP contribution in [-0.4, -0.2) is 199 Å². The molecule has 0 radical (unpaired) electrons. The van der Waals surface area contributed by atoms with Gasteiger partial charge in [-0.1, -0.05) is 28.2 Å². The molecule has 8 aromatic heterocycles. The first kappa shape index (κ1) is 69.3. The predicted octanol–water partition coefficient (Wildman–Crippen LogP) is 1.04. The van der Waals surface area contributed by atoms with Crippen LogP contribution in [0.5, 0.6) is 0 Å². The van der Waals surface area contributed by atoms with Gasteiger partial charge in [-0.3, -0.25) is 74.0 Å². The summed E-state index contributed by atoms with van der Waals surface area (Å²) in [6.45, 7) is 7.20. The van der Waals surface area contributed by atoms with Gasteiger partial charge in [0, 0.05) is 12.8 Å². The highest BCUT2D eigenvalue weighted by Gasteiger charge is 2.57. The molecule has 44 nitrogen and oxygen atoms in total. The van der Waals surface area contributed by atoms with E-state index in [0.29, 0.717) is 16.8 Å². The van der Waals surface area contributed by atoms with Crippen LogP contribution in [0.25, 0.3) is 44.7 Å². The average Bonchev–Trinajstić information content (AvgIpc) is 1.61. The fourth-order valence-corrected chi connectivity index (χ4v) is 16.3. The minimum Gasteiger partial charge on any atom is -0.408 e. The van der Waals surface area contributed by atoms with Crippen molar-refractivity contribution in [2.75, 3.05) is 49.4 Å². The van der Waals surface area contributed by atoms with Gasteiger partial charge < -0.3 is 71.0 Å². The third-order valence-electron chi connectivity index (χ3n) is 16.7. The van der Waals surface area contributed by atoms with E-state index in [1.54, 1.807) is 0 Å². The van der Waals surface area contributed by atoms with Crippen molar-refractivity contribution in [3.8, 4) is 0 Å². The van der Waals surface area contributed by atoms with Crippen molar-refractivity contribution >= 4 is 108 Å². The fourth-order valence-electron chi connectivity index (χ4n) is 11.2. The van der Waals surface area contributed by atoms with Gasteiger partial charge in [0.25, 0.3) is 11.1 Å². The maximum absolute atomic E-state index is 13.8. The molecule has 0 saturated carbocycles. The number of nitrogens with two attached hydrogens (primary N) is 4. The summed E-state index contributed by atoms with van der Waals surface area (Å²) in [6.07, 6.45) is -10.4. The average molecular weight is 1450 g/mol. The number of aromatic amines is 2. The van der Waals surface area contributed by atoms with E-state index in [4.69, 9.17) is 82.5 Å². The summed E-state index contributed by atoms with van der Waals surface area (Å²) in [7, 11) is -22.5. The first-order valence-electron chi connectivity index (χ1n) is 28.6. The molecule has 18 atom stereocenters. The van der Waals surface area contributed by atoms with Crippen molar-refractivity contribution < 1.29 is 103 Å². The highest BCUT2D eigenvalue weighted by molar-refractivity contribution is 7.48. The third-order valence-corrected chi connectivity index (χ3v) is 25.2. The molecule has 4 bridgehead atoms. The number of aliphatic hydroxyl groups excluding tert-OH is 1. The van der Waals surface area contributed by atoms with E-state index in [0.717, 1.165) is 10.9 Å². The number of fused-ring (bicyclic) bond motifs is 10. The molecule has 0 amide bonds. The molecule has 0 aromatic carbocycles. The smallest absolute Gasteiger partial charge is 0.408 e. The Labute approximate surface area is 539 Å². The number of nitrogens with zero attached hydrogens (tertiary/aromatic N) is 14. The van der Waals surface area contributed by atoms with Crippen LogP contribution in [0.1, 0.15) is 66.0 Å². The van der Waals surface area contributed by atoms with E-state index >= 15 is 0 Å². The Morgan fingerprint density at radius 2 is 0.906 bits per heavy atom. The summed E-state index contributed by atoms with van der Waals surface area (Å²) in [5.41, 5.74) is 22.8. The summed E-state index contributed by atoms with van der Waals surface area (Å²) < 4.78 is 133.